The molecule has 4 aromatic rings. The summed E-state index contributed by atoms with van der Waals surface area (Å²) in [6.45, 7) is 0. The van der Waals surface area contributed by atoms with Crippen molar-refractivity contribution >= 4 is 46.6 Å². The number of benzene rings is 3. The minimum absolute atomic E-state index is 0.118. The number of thioether (sulfide) groups is 1. The third kappa shape index (κ3) is 4.85. The summed E-state index contributed by atoms with van der Waals surface area (Å²) >= 11 is 13.4. The van der Waals surface area contributed by atoms with E-state index in [2.05, 4.69) is 15.5 Å². The summed E-state index contributed by atoms with van der Waals surface area (Å²) in [7, 11) is 0. The Morgan fingerprint density at radius 2 is 1.71 bits per heavy atom. The highest BCUT2D eigenvalue weighted by Gasteiger charge is 2.17. The highest BCUT2D eigenvalue weighted by atomic mass is 35.5. The maximum Gasteiger partial charge on any atom is 0.234 e. The first-order valence-corrected chi connectivity index (χ1v) is 11.0. The predicted octanol–water partition coefficient (Wildman–Crippen LogP) is 5.36. The average Bonchev–Trinajstić information content (AvgIpc) is 3.13. The Hall–Kier alpha value is -3.00. The summed E-state index contributed by atoms with van der Waals surface area (Å²) < 4.78 is 1.31. The van der Waals surface area contributed by atoms with Crippen LogP contribution in [0.25, 0.3) is 22.5 Å². The molecule has 0 saturated heterocycles. The first-order chi connectivity index (χ1) is 15.0. The van der Waals surface area contributed by atoms with E-state index < -0.39 is 0 Å². The Labute approximate surface area is 193 Å². The normalized spacial score (nSPS) is 10.8. The molecule has 0 aliphatic rings. The second kappa shape index (κ2) is 9.43. The molecule has 1 aromatic heterocycles. The number of nitrogens with zero attached hydrogens (tertiary/aromatic N) is 3. The number of aromatic nitrogens is 3. The standard InChI is InChI=1S/C22H17Cl2N5OS/c23-15-10-11-17(18(24)12-15)21-27-28-22(29(21)25)31-13-20(30)26-19-9-5-4-8-16(19)14-6-2-1-3-7-14/h1-12H,13,25H2,(H,26,30). The highest BCUT2D eigenvalue weighted by molar-refractivity contribution is 7.99. The molecule has 3 N–H and O–H groups in total. The number of carbonyl (C=O) groups is 1. The molecular formula is C22H17Cl2N5OS. The molecule has 0 aliphatic carbocycles. The van der Waals surface area contributed by atoms with E-state index in [9.17, 15) is 4.79 Å². The minimum atomic E-state index is -0.178. The Morgan fingerprint density at radius 3 is 2.48 bits per heavy atom. The summed E-state index contributed by atoms with van der Waals surface area (Å²) in [6, 6.07) is 22.6. The summed E-state index contributed by atoms with van der Waals surface area (Å²) in [6.07, 6.45) is 0. The van der Waals surface area contributed by atoms with Crippen LogP contribution in [0.1, 0.15) is 0 Å². The molecule has 1 amide bonds. The molecule has 1 heterocycles. The van der Waals surface area contributed by atoms with Crippen LogP contribution in [0.3, 0.4) is 0 Å². The van der Waals surface area contributed by atoms with E-state index in [0.717, 1.165) is 16.8 Å². The van der Waals surface area contributed by atoms with E-state index in [1.807, 2.05) is 54.6 Å². The lowest BCUT2D eigenvalue weighted by Crippen LogP contribution is -2.17. The molecule has 0 unspecified atom stereocenters. The Bertz CT molecular complexity index is 1230. The predicted molar refractivity (Wildman–Crippen MR) is 127 cm³/mol. The van der Waals surface area contributed by atoms with Gasteiger partial charge in [-0.15, -0.1) is 10.2 Å². The van der Waals surface area contributed by atoms with Crippen molar-refractivity contribution < 1.29 is 4.79 Å². The van der Waals surface area contributed by atoms with Gasteiger partial charge in [0.05, 0.1) is 10.8 Å². The van der Waals surface area contributed by atoms with Crippen LogP contribution in [0.4, 0.5) is 5.69 Å². The fourth-order valence-electron chi connectivity index (χ4n) is 3.01. The van der Waals surface area contributed by atoms with E-state index in [1.54, 1.807) is 18.2 Å². The summed E-state index contributed by atoms with van der Waals surface area (Å²) in [5.41, 5.74) is 3.32. The van der Waals surface area contributed by atoms with Crippen LogP contribution in [0.5, 0.6) is 0 Å². The molecule has 4 rings (SSSR count). The van der Waals surface area contributed by atoms with Gasteiger partial charge in [-0.3, -0.25) is 4.79 Å². The van der Waals surface area contributed by atoms with Crippen molar-refractivity contribution in [3.05, 3.63) is 82.8 Å². The quantitative estimate of drug-likeness (QED) is 0.293. The number of rotatable bonds is 6. The summed E-state index contributed by atoms with van der Waals surface area (Å²) in [4.78, 5) is 12.6. The van der Waals surface area contributed by atoms with Gasteiger partial charge in [-0.25, -0.2) is 4.68 Å². The third-order valence-electron chi connectivity index (χ3n) is 4.45. The lowest BCUT2D eigenvalue weighted by molar-refractivity contribution is -0.113. The van der Waals surface area contributed by atoms with E-state index in [4.69, 9.17) is 29.0 Å². The third-order valence-corrected chi connectivity index (χ3v) is 5.95. The zero-order valence-electron chi connectivity index (χ0n) is 16.1. The average molecular weight is 470 g/mol. The number of nitrogens with two attached hydrogens (primary N) is 1. The molecule has 0 bridgehead atoms. The SMILES string of the molecule is Nn1c(SCC(=O)Nc2ccccc2-c2ccccc2)nnc1-c1ccc(Cl)cc1Cl. The molecule has 6 nitrogen and oxygen atoms in total. The first kappa shape index (κ1) is 21.2. The number of nitrogens with one attached hydrogen (secondary N) is 1. The Balaban J connectivity index is 1.46. The van der Waals surface area contributed by atoms with Crippen molar-refractivity contribution in [3.8, 4) is 22.5 Å². The largest absolute Gasteiger partial charge is 0.335 e. The van der Waals surface area contributed by atoms with Gasteiger partial charge in [0.25, 0.3) is 0 Å². The van der Waals surface area contributed by atoms with Crippen LogP contribution in [0.2, 0.25) is 10.0 Å². The number of para-hydroxylation sites is 1. The number of hydrogen-bond acceptors (Lipinski definition) is 5. The fraction of sp³-hybridized carbons (Fsp3) is 0.0455. The van der Waals surface area contributed by atoms with Crippen LogP contribution in [-0.4, -0.2) is 26.5 Å². The number of hydrogen-bond donors (Lipinski definition) is 2. The number of nitrogen functional groups attached to an aromatic ring is 1. The zero-order valence-corrected chi connectivity index (χ0v) is 18.5. The maximum atomic E-state index is 12.6. The van der Waals surface area contributed by atoms with E-state index in [1.165, 1.54) is 16.4 Å². The molecule has 0 saturated carbocycles. The van der Waals surface area contributed by atoms with Gasteiger partial charge in [-0.2, -0.15) is 0 Å². The van der Waals surface area contributed by atoms with Gasteiger partial charge in [0.2, 0.25) is 11.1 Å². The van der Waals surface area contributed by atoms with Crippen LogP contribution < -0.4 is 11.2 Å². The minimum Gasteiger partial charge on any atom is -0.335 e. The van der Waals surface area contributed by atoms with Crippen LogP contribution >= 0.6 is 35.0 Å². The Morgan fingerprint density at radius 1 is 0.968 bits per heavy atom. The number of halogens is 2. The molecule has 0 spiro atoms. The second-order valence-electron chi connectivity index (χ2n) is 6.55. The molecule has 0 radical (unpaired) electrons. The lowest BCUT2D eigenvalue weighted by Gasteiger charge is -2.11. The van der Waals surface area contributed by atoms with Gasteiger partial charge in [-0.05, 0) is 29.8 Å². The molecule has 156 valence electrons. The van der Waals surface area contributed by atoms with Crippen LogP contribution in [0.15, 0.2) is 78.0 Å². The van der Waals surface area contributed by atoms with Crippen LogP contribution in [0, 0.1) is 0 Å². The molecule has 0 fully saturated rings. The smallest absolute Gasteiger partial charge is 0.234 e. The van der Waals surface area contributed by atoms with Crippen molar-refractivity contribution in [2.75, 3.05) is 16.9 Å². The Kier molecular flexibility index (Phi) is 6.46. The lowest BCUT2D eigenvalue weighted by atomic mass is 10.0. The van der Waals surface area contributed by atoms with Gasteiger partial charge in [0.15, 0.2) is 5.82 Å². The van der Waals surface area contributed by atoms with Crippen molar-refractivity contribution in [3.63, 3.8) is 0 Å². The van der Waals surface area contributed by atoms with E-state index in [0.29, 0.717) is 26.6 Å². The number of carbonyl (C=O) groups excluding carboxylic acids is 1. The first-order valence-electron chi connectivity index (χ1n) is 9.26. The summed E-state index contributed by atoms with van der Waals surface area (Å²) in [5.74, 6) is 6.46. The zero-order chi connectivity index (χ0) is 21.8. The molecule has 31 heavy (non-hydrogen) atoms. The summed E-state index contributed by atoms with van der Waals surface area (Å²) in [5, 5.41) is 12.5. The number of amides is 1. The topological polar surface area (TPSA) is 85.8 Å². The molecular weight excluding hydrogens is 453 g/mol. The van der Waals surface area contributed by atoms with Gasteiger partial charge in [0, 0.05) is 21.8 Å². The molecule has 0 aliphatic heterocycles. The van der Waals surface area contributed by atoms with Crippen molar-refractivity contribution in [1.29, 1.82) is 0 Å². The maximum absolute atomic E-state index is 12.6. The van der Waals surface area contributed by atoms with E-state index in [-0.39, 0.29) is 11.7 Å². The van der Waals surface area contributed by atoms with Gasteiger partial charge >= 0.3 is 0 Å². The van der Waals surface area contributed by atoms with Crippen molar-refractivity contribution in [2.45, 2.75) is 5.16 Å². The van der Waals surface area contributed by atoms with Crippen molar-refractivity contribution in [2.24, 2.45) is 0 Å². The van der Waals surface area contributed by atoms with Crippen molar-refractivity contribution in [1.82, 2.24) is 14.9 Å². The van der Waals surface area contributed by atoms with Gasteiger partial charge in [0.1, 0.15) is 0 Å². The van der Waals surface area contributed by atoms with Gasteiger partial charge < -0.3 is 11.2 Å². The second-order valence-corrected chi connectivity index (χ2v) is 8.33. The monoisotopic (exact) mass is 469 g/mol. The highest BCUT2D eigenvalue weighted by Crippen LogP contribution is 2.31. The van der Waals surface area contributed by atoms with E-state index >= 15 is 0 Å². The van der Waals surface area contributed by atoms with Crippen LogP contribution in [-0.2, 0) is 4.79 Å². The molecule has 3 aromatic carbocycles. The number of anilines is 1. The molecule has 0 atom stereocenters. The molecule has 9 heteroatoms. The fourth-order valence-corrected chi connectivity index (χ4v) is 4.16. The van der Waals surface area contributed by atoms with Gasteiger partial charge in [-0.1, -0.05) is 83.5 Å².